The van der Waals surface area contributed by atoms with Crippen LogP contribution in [0.2, 0.25) is 0 Å². The first-order valence-electron chi connectivity index (χ1n) is 10.4. The molecule has 160 valence electrons. The van der Waals surface area contributed by atoms with Crippen LogP contribution >= 0.6 is 11.3 Å². The third-order valence-corrected chi connectivity index (χ3v) is 6.84. The summed E-state index contributed by atoms with van der Waals surface area (Å²) in [6.45, 7) is 1.68. The first-order valence-corrected chi connectivity index (χ1v) is 11.2. The van der Waals surface area contributed by atoms with Crippen molar-refractivity contribution in [3.63, 3.8) is 0 Å². The monoisotopic (exact) mass is 438 g/mol. The third kappa shape index (κ3) is 3.81. The van der Waals surface area contributed by atoms with Crippen LogP contribution in [0.15, 0.2) is 23.0 Å². The zero-order valence-electron chi connectivity index (χ0n) is 17.0. The van der Waals surface area contributed by atoms with Gasteiger partial charge in [0.15, 0.2) is 6.10 Å². The van der Waals surface area contributed by atoms with Crippen LogP contribution in [-0.2, 0) is 28.9 Å². The van der Waals surface area contributed by atoms with Gasteiger partial charge in [0.25, 0.3) is 11.5 Å². The van der Waals surface area contributed by atoms with Crippen molar-refractivity contribution in [3.8, 4) is 5.75 Å². The van der Waals surface area contributed by atoms with Crippen molar-refractivity contribution >= 4 is 44.7 Å². The molecule has 2 amide bonds. The predicted molar refractivity (Wildman–Crippen MR) is 119 cm³/mol. The largest absolute Gasteiger partial charge is 0.479 e. The Hall–Kier alpha value is -3.20. The van der Waals surface area contributed by atoms with Gasteiger partial charge in [-0.3, -0.25) is 14.4 Å². The van der Waals surface area contributed by atoms with E-state index in [-0.39, 0.29) is 23.8 Å². The number of nitrogens with zero attached hydrogens (tertiary/aromatic N) is 1. The van der Waals surface area contributed by atoms with Crippen LogP contribution in [0.5, 0.6) is 5.75 Å². The number of benzene rings is 1. The fourth-order valence-electron chi connectivity index (χ4n) is 4.07. The maximum atomic E-state index is 12.6. The molecule has 0 unspecified atom stereocenters. The Morgan fingerprint density at radius 3 is 3.00 bits per heavy atom. The predicted octanol–water partition coefficient (Wildman–Crippen LogP) is 3.15. The minimum Gasteiger partial charge on any atom is -0.479 e. The molecular weight excluding hydrogens is 416 g/mol. The van der Waals surface area contributed by atoms with Gasteiger partial charge < -0.3 is 20.4 Å². The molecule has 1 aromatic carbocycles. The number of rotatable bonds is 4. The highest BCUT2D eigenvalue weighted by atomic mass is 32.1. The molecule has 0 spiro atoms. The quantitative estimate of drug-likeness (QED) is 0.579. The number of aromatic nitrogens is 2. The number of fused-ring (bicyclic) bond motifs is 4. The van der Waals surface area contributed by atoms with Gasteiger partial charge in [-0.15, -0.1) is 11.3 Å². The molecule has 0 saturated carbocycles. The molecule has 3 aromatic rings. The van der Waals surface area contributed by atoms with Gasteiger partial charge in [0.2, 0.25) is 5.91 Å². The summed E-state index contributed by atoms with van der Waals surface area (Å²) in [7, 11) is 0. The number of thiophene rings is 1. The lowest BCUT2D eigenvalue weighted by atomic mass is 9.97. The van der Waals surface area contributed by atoms with E-state index < -0.39 is 6.10 Å². The second-order valence-electron chi connectivity index (χ2n) is 7.91. The Labute approximate surface area is 182 Å². The molecule has 9 heteroatoms. The van der Waals surface area contributed by atoms with Crippen molar-refractivity contribution in [2.75, 3.05) is 10.6 Å². The lowest BCUT2D eigenvalue weighted by Gasteiger charge is -2.23. The summed E-state index contributed by atoms with van der Waals surface area (Å²) in [5.41, 5.74) is 2.13. The highest BCUT2D eigenvalue weighted by molar-refractivity contribution is 7.18. The smallest absolute Gasteiger partial charge is 0.265 e. The van der Waals surface area contributed by atoms with Crippen LogP contribution in [0.4, 0.5) is 11.4 Å². The van der Waals surface area contributed by atoms with Gasteiger partial charge in [-0.25, -0.2) is 4.98 Å². The number of aryl methyl sites for hydroxylation is 3. The van der Waals surface area contributed by atoms with E-state index in [0.29, 0.717) is 29.4 Å². The Kier molecular flexibility index (Phi) is 4.97. The molecule has 3 N–H and O–H groups in total. The fourth-order valence-corrected chi connectivity index (χ4v) is 5.35. The number of anilines is 2. The van der Waals surface area contributed by atoms with E-state index in [4.69, 9.17) is 4.74 Å². The molecule has 0 bridgehead atoms. The van der Waals surface area contributed by atoms with Crippen LogP contribution in [0.25, 0.3) is 10.2 Å². The second kappa shape index (κ2) is 7.81. The van der Waals surface area contributed by atoms with Crippen molar-refractivity contribution in [3.05, 3.63) is 44.8 Å². The molecule has 3 heterocycles. The Morgan fingerprint density at radius 2 is 2.13 bits per heavy atom. The topological polar surface area (TPSA) is 113 Å². The summed E-state index contributed by atoms with van der Waals surface area (Å²) in [6, 6.07) is 5.11. The minimum atomic E-state index is -0.547. The zero-order chi connectivity index (χ0) is 21.5. The first-order chi connectivity index (χ1) is 15.0. The summed E-state index contributed by atoms with van der Waals surface area (Å²) >= 11 is 1.60. The molecule has 0 radical (unpaired) electrons. The Bertz CT molecular complexity index is 1260. The summed E-state index contributed by atoms with van der Waals surface area (Å²) in [5, 5.41) is 6.30. The molecule has 1 aliphatic heterocycles. The normalized spacial score (nSPS) is 17.5. The van der Waals surface area contributed by atoms with Gasteiger partial charge in [0, 0.05) is 23.4 Å². The van der Waals surface area contributed by atoms with E-state index in [1.54, 1.807) is 36.5 Å². The first kappa shape index (κ1) is 19.7. The van der Waals surface area contributed by atoms with E-state index in [2.05, 4.69) is 20.6 Å². The SMILES string of the molecule is C[C@H]1Oc2ccc(NC(=O)CCc3nc4sc5c(c4c(=O)[nH]3)CCCC5)cc2NC1=O. The van der Waals surface area contributed by atoms with Crippen molar-refractivity contribution in [2.45, 2.75) is 51.6 Å². The summed E-state index contributed by atoms with van der Waals surface area (Å²) in [6.07, 6.45) is 4.18. The molecule has 5 rings (SSSR count). The second-order valence-corrected chi connectivity index (χ2v) is 9.00. The van der Waals surface area contributed by atoms with E-state index in [9.17, 15) is 14.4 Å². The van der Waals surface area contributed by atoms with E-state index in [1.165, 1.54) is 4.88 Å². The molecule has 0 saturated heterocycles. The van der Waals surface area contributed by atoms with Crippen molar-refractivity contribution in [2.24, 2.45) is 0 Å². The number of ether oxygens (including phenoxy) is 1. The number of carbonyl (C=O) groups excluding carboxylic acids is 2. The maximum absolute atomic E-state index is 12.6. The van der Waals surface area contributed by atoms with Crippen LogP contribution in [0.3, 0.4) is 0 Å². The third-order valence-electron chi connectivity index (χ3n) is 5.66. The van der Waals surface area contributed by atoms with Crippen LogP contribution < -0.4 is 20.9 Å². The zero-order valence-corrected chi connectivity index (χ0v) is 17.9. The van der Waals surface area contributed by atoms with E-state index in [0.717, 1.165) is 41.5 Å². The van der Waals surface area contributed by atoms with Gasteiger partial charge in [-0.05, 0) is 56.4 Å². The number of nitrogens with one attached hydrogen (secondary N) is 3. The van der Waals surface area contributed by atoms with E-state index in [1.807, 2.05) is 0 Å². The number of amides is 2. The lowest BCUT2D eigenvalue weighted by Crippen LogP contribution is -2.34. The van der Waals surface area contributed by atoms with Crippen LogP contribution in [0.1, 0.15) is 42.5 Å². The molecule has 1 atom stereocenters. The molecule has 31 heavy (non-hydrogen) atoms. The van der Waals surface area contributed by atoms with Gasteiger partial charge in [0.05, 0.1) is 11.1 Å². The number of carbonyl (C=O) groups is 2. The van der Waals surface area contributed by atoms with Crippen molar-refractivity contribution in [1.82, 2.24) is 9.97 Å². The van der Waals surface area contributed by atoms with Gasteiger partial charge in [0.1, 0.15) is 16.4 Å². The summed E-state index contributed by atoms with van der Waals surface area (Å²) in [5.74, 6) is 0.659. The van der Waals surface area contributed by atoms with Crippen LogP contribution in [-0.4, -0.2) is 27.9 Å². The lowest BCUT2D eigenvalue weighted by molar-refractivity contribution is -0.122. The number of hydrogen-bond acceptors (Lipinski definition) is 6. The standard InChI is InChI=1S/C22H22N4O4S/c1-11-20(28)24-14-10-12(6-7-15(14)30-11)23-18(27)9-8-17-25-21(29)19-13-4-2-3-5-16(13)31-22(19)26-17/h6-7,10-11H,2-5,8-9H2,1H3,(H,23,27)(H,24,28)(H,25,26,29)/t11-/m1/s1. The maximum Gasteiger partial charge on any atom is 0.265 e. The average molecular weight is 439 g/mol. The molecular formula is C22H22N4O4S. The van der Waals surface area contributed by atoms with Gasteiger partial charge in [-0.2, -0.15) is 0 Å². The molecule has 8 nitrogen and oxygen atoms in total. The van der Waals surface area contributed by atoms with Crippen LogP contribution in [0, 0.1) is 0 Å². The molecule has 2 aromatic heterocycles. The fraction of sp³-hybridized carbons (Fsp3) is 0.364. The minimum absolute atomic E-state index is 0.112. The Morgan fingerprint density at radius 1 is 1.29 bits per heavy atom. The van der Waals surface area contributed by atoms with Gasteiger partial charge >= 0.3 is 0 Å². The number of hydrogen-bond donors (Lipinski definition) is 3. The Balaban J connectivity index is 1.27. The van der Waals surface area contributed by atoms with Gasteiger partial charge in [-0.1, -0.05) is 0 Å². The molecule has 0 fully saturated rings. The average Bonchev–Trinajstić information content (AvgIpc) is 3.12. The van der Waals surface area contributed by atoms with Crippen molar-refractivity contribution < 1.29 is 14.3 Å². The number of aromatic amines is 1. The van der Waals surface area contributed by atoms with Crippen molar-refractivity contribution in [1.29, 1.82) is 0 Å². The number of H-pyrrole nitrogens is 1. The highest BCUT2D eigenvalue weighted by Gasteiger charge is 2.24. The summed E-state index contributed by atoms with van der Waals surface area (Å²) in [4.78, 5) is 46.3. The summed E-state index contributed by atoms with van der Waals surface area (Å²) < 4.78 is 5.52. The van der Waals surface area contributed by atoms with E-state index >= 15 is 0 Å². The molecule has 1 aliphatic carbocycles. The highest BCUT2D eigenvalue weighted by Crippen LogP contribution is 2.34. The molecule has 2 aliphatic rings.